The summed E-state index contributed by atoms with van der Waals surface area (Å²) in [4.78, 5) is 7.90. The topological polar surface area (TPSA) is 51.3 Å². The van der Waals surface area contributed by atoms with Crippen molar-refractivity contribution in [2.24, 2.45) is 4.99 Å². The molecule has 1 aromatic heterocycles. The first-order valence-electron chi connectivity index (χ1n) is 4.38. The molecule has 0 fully saturated rings. The number of anilines is 1. The normalized spacial score (nSPS) is 21.8. The lowest BCUT2D eigenvalue weighted by Gasteiger charge is -2.08. The van der Waals surface area contributed by atoms with E-state index in [0.717, 1.165) is 0 Å². The Morgan fingerprint density at radius 2 is 2.55 bits per heavy atom. The van der Waals surface area contributed by atoms with E-state index in [-0.39, 0.29) is 0 Å². The summed E-state index contributed by atoms with van der Waals surface area (Å²) in [7, 11) is 0. The molecule has 56 valence electrons. The molecule has 0 radical (unpaired) electrons. The number of aromatic nitrogens is 1. The van der Waals surface area contributed by atoms with Gasteiger partial charge in [0.1, 0.15) is 5.82 Å². The lowest BCUT2D eigenvalue weighted by Crippen LogP contribution is -1.97. The monoisotopic (exact) mass is 149 g/mol. The van der Waals surface area contributed by atoms with Gasteiger partial charge in [0.05, 0.1) is 11.9 Å². The Morgan fingerprint density at radius 3 is 3.45 bits per heavy atom. The van der Waals surface area contributed by atoms with E-state index in [4.69, 9.17) is 8.48 Å². The molecular formula is C8H9N3. The highest BCUT2D eigenvalue weighted by atomic mass is 14.9. The summed E-state index contributed by atoms with van der Waals surface area (Å²) in [6.45, 7) is 0. The van der Waals surface area contributed by atoms with Crippen LogP contribution in [-0.2, 0) is 6.37 Å². The van der Waals surface area contributed by atoms with Gasteiger partial charge in [-0.1, -0.05) is 0 Å². The SMILES string of the molecule is [2H]C1([2H])CC=Nc2cnc(N)cc21. The van der Waals surface area contributed by atoms with Crippen molar-refractivity contribution in [3.8, 4) is 0 Å². The van der Waals surface area contributed by atoms with E-state index in [2.05, 4.69) is 9.98 Å². The Morgan fingerprint density at radius 1 is 1.64 bits per heavy atom. The van der Waals surface area contributed by atoms with Gasteiger partial charge in [-0.05, 0) is 24.4 Å². The number of rotatable bonds is 0. The van der Waals surface area contributed by atoms with Gasteiger partial charge in [0.25, 0.3) is 0 Å². The van der Waals surface area contributed by atoms with E-state index in [0.29, 0.717) is 23.5 Å². The number of aliphatic imine (C=N–C) groups is 1. The van der Waals surface area contributed by atoms with E-state index in [9.17, 15) is 0 Å². The maximum atomic E-state index is 7.70. The fraction of sp³-hybridized carbons (Fsp3) is 0.250. The fourth-order valence-corrected chi connectivity index (χ4v) is 1.01. The summed E-state index contributed by atoms with van der Waals surface area (Å²) in [5.74, 6) is 0.333. The number of nitrogens with zero attached hydrogens (tertiary/aromatic N) is 2. The smallest absolute Gasteiger partial charge is 0.123 e. The maximum Gasteiger partial charge on any atom is 0.123 e. The van der Waals surface area contributed by atoms with Gasteiger partial charge in [0, 0.05) is 8.96 Å². The minimum absolute atomic E-state index is 0.295. The van der Waals surface area contributed by atoms with Crippen LogP contribution in [0.2, 0.25) is 0 Å². The third-order valence-electron chi connectivity index (χ3n) is 1.52. The molecule has 11 heavy (non-hydrogen) atoms. The predicted octanol–water partition coefficient (Wildman–Crippen LogP) is 1.31. The van der Waals surface area contributed by atoms with Gasteiger partial charge in [0.15, 0.2) is 0 Å². The van der Waals surface area contributed by atoms with Gasteiger partial charge < -0.3 is 5.73 Å². The molecule has 0 spiro atoms. The van der Waals surface area contributed by atoms with Gasteiger partial charge in [-0.2, -0.15) is 0 Å². The van der Waals surface area contributed by atoms with E-state index in [1.54, 1.807) is 12.3 Å². The molecule has 0 saturated heterocycles. The Kier molecular flexibility index (Phi) is 0.955. The van der Waals surface area contributed by atoms with Crippen LogP contribution < -0.4 is 5.73 Å². The Labute approximate surface area is 67.8 Å². The zero-order chi connectivity index (χ0) is 9.47. The van der Waals surface area contributed by atoms with Gasteiger partial charge in [-0.15, -0.1) is 0 Å². The molecule has 1 aliphatic rings. The molecule has 0 atom stereocenters. The minimum Gasteiger partial charge on any atom is -0.384 e. The van der Waals surface area contributed by atoms with Crippen molar-refractivity contribution in [2.75, 3.05) is 5.73 Å². The zero-order valence-corrected chi connectivity index (χ0v) is 5.91. The Hall–Kier alpha value is -1.38. The van der Waals surface area contributed by atoms with Crippen LogP contribution in [0.15, 0.2) is 17.3 Å². The van der Waals surface area contributed by atoms with E-state index in [1.807, 2.05) is 0 Å². The number of nitrogens with two attached hydrogens (primary N) is 1. The molecule has 1 aromatic rings. The van der Waals surface area contributed by atoms with Crippen molar-refractivity contribution in [3.63, 3.8) is 0 Å². The molecule has 0 bridgehead atoms. The molecule has 0 unspecified atom stereocenters. The van der Waals surface area contributed by atoms with Crippen LogP contribution in [0.4, 0.5) is 11.5 Å². The minimum atomic E-state index is -1.37. The summed E-state index contributed by atoms with van der Waals surface area (Å²) >= 11 is 0. The maximum absolute atomic E-state index is 7.70. The molecule has 2 N–H and O–H groups in total. The predicted molar refractivity (Wildman–Crippen MR) is 45.1 cm³/mol. The molecule has 0 saturated carbocycles. The summed E-state index contributed by atoms with van der Waals surface area (Å²) in [6.07, 6.45) is 2.00. The largest absolute Gasteiger partial charge is 0.384 e. The quantitative estimate of drug-likeness (QED) is 0.604. The average Bonchev–Trinajstić information content (AvgIpc) is 2.06. The van der Waals surface area contributed by atoms with Crippen molar-refractivity contribution in [1.82, 2.24) is 4.98 Å². The van der Waals surface area contributed by atoms with Crippen LogP contribution in [0.5, 0.6) is 0 Å². The third-order valence-corrected chi connectivity index (χ3v) is 1.52. The molecule has 2 heterocycles. The second-order valence-corrected chi connectivity index (χ2v) is 2.32. The molecule has 3 heteroatoms. The van der Waals surface area contributed by atoms with E-state index in [1.165, 1.54) is 6.20 Å². The first-order chi connectivity index (χ1) is 6.09. The molecule has 0 aromatic carbocycles. The zero-order valence-electron chi connectivity index (χ0n) is 7.91. The molecule has 1 aliphatic heterocycles. The number of pyridine rings is 1. The molecule has 3 nitrogen and oxygen atoms in total. The first kappa shape index (κ1) is 4.49. The summed E-state index contributed by atoms with van der Waals surface area (Å²) in [5, 5.41) is 0. The van der Waals surface area contributed by atoms with Crippen LogP contribution in [-0.4, -0.2) is 11.2 Å². The molecule has 2 rings (SSSR count). The number of nitrogen functional groups attached to an aromatic ring is 1. The summed E-state index contributed by atoms with van der Waals surface area (Å²) < 4.78 is 15.4. The van der Waals surface area contributed by atoms with Crippen molar-refractivity contribution < 1.29 is 2.74 Å². The average molecular weight is 149 g/mol. The fourth-order valence-electron chi connectivity index (χ4n) is 1.01. The van der Waals surface area contributed by atoms with Crippen LogP contribution in [0.3, 0.4) is 0 Å². The van der Waals surface area contributed by atoms with Crippen LogP contribution in [0.25, 0.3) is 0 Å². The number of hydrogen-bond acceptors (Lipinski definition) is 3. The van der Waals surface area contributed by atoms with Crippen molar-refractivity contribution in [2.45, 2.75) is 12.8 Å². The Balaban J connectivity index is 2.62. The van der Waals surface area contributed by atoms with Crippen LogP contribution >= 0.6 is 0 Å². The summed E-state index contributed by atoms with van der Waals surface area (Å²) in [6, 6.07) is 1.55. The second kappa shape index (κ2) is 2.34. The lowest BCUT2D eigenvalue weighted by atomic mass is 10.1. The van der Waals surface area contributed by atoms with Gasteiger partial charge in [-0.25, -0.2) is 4.98 Å². The van der Waals surface area contributed by atoms with Crippen LogP contribution in [0, 0.1) is 0 Å². The van der Waals surface area contributed by atoms with Gasteiger partial charge >= 0.3 is 0 Å². The number of aryl methyl sites for hydroxylation is 1. The van der Waals surface area contributed by atoms with E-state index >= 15 is 0 Å². The first-order valence-corrected chi connectivity index (χ1v) is 3.38. The van der Waals surface area contributed by atoms with Gasteiger partial charge in [-0.3, -0.25) is 4.99 Å². The van der Waals surface area contributed by atoms with Crippen molar-refractivity contribution >= 4 is 17.7 Å². The highest BCUT2D eigenvalue weighted by molar-refractivity contribution is 5.69. The number of hydrogen-bond donors (Lipinski definition) is 1. The highest BCUT2D eigenvalue weighted by Crippen LogP contribution is 2.23. The third kappa shape index (κ3) is 1.09. The molecule has 0 aliphatic carbocycles. The Bertz CT molecular complexity index is 374. The summed E-state index contributed by atoms with van der Waals surface area (Å²) in [5.41, 5.74) is 6.58. The molecule has 0 amide bonds. The standard InChI is InChI=1S/C8H9N3/c9-8-4-6-2-1-3-10-7(6)5-11-8/h3-5H,1-2H2,(H2,9,11)/i2D2. The van der Waals surface area contributed by atoms with Crippen molar-refractivity contribution in [3.05, 3.63) is 17.8 Å². The number of fused-ring (bicyclic) bond motifs is 1. The van der Waals surface area contributed by atoms with Crippen LogP contribution in [0.1, 0.15) is 14.7 Å². The molecular weight excluding hydrogens is 138 g/mol. The van der Waals surface area contributed by atoms with Crippen molar-refractivity contribution in [1.29, 1.82) is 0 Å². The second-order valence-electron chi connectivity index (χ2n) is 2.32. The highest BCUT2D eigenvalue weighted by Gasteiger charge is 2.05. The van der Waals surface area contributed by atoms with Gasteiger partial charge in [0.2, 0.25) is 0 Å². The lowest BCUT2D eigenvalue weighted by molar-refractivity contribution is 1.02. The van der Waals surface area contributed by atoms with E-state index < -0.39 is 6.37 Å².